The van der Waals surface area contributed by atoms with Crippen LogP contribution in [-0.2, 0) is 11.3 Å². The molecule has 1 aromatic heterocycles. The van der Waals surface area contributed by atoms with Crippen LogP contribution in [0.3, 0.4) is 0 Å². The number of aromatic nitrogens is 2. The van der Waals surface area contributed by atoms with Crippen LogP contribution in [-0.4, -0.2) is 29.9 Å². The lowest BCUT2D eigenvalue weighted by atomic mass is 10.1. The van der Waals surface area contributed by atoms with E-state index >= 15 is 0 Å². The molecule has 0 atom stereocenters. The van der Waals surface area contributed by atoms with Crippen molar-refractivity contribution in [2.45, 2.75) is 6.54 Å². The van der Waals surface area contributed by atoms with Crippen LogP contribution in [0.25, 0.3) is 17.3 Å². The van der Waals surface area contributed by atoms with Crippen LogP contribution in [0.1, 0.15) is 11.1 Å². The summed E-state index contributed by atoms with van der Waals surface area (Å²) in [6, 6.07) is 13.4. The number of rotatable bonds is 7. The summed E-state index contributed by atoms with van der Waals surface area (Å²) < 4.78 is 26.2. The van der Waals surface area contributed by atoms with E-state index in [4.69, 9.17) is 15.2 Å². The van der Waals surface area contributed by atoms with Gasteiger partial charge >= 0.3 is 0 Å². The molecule has 0 unspecified atom stereocenters. The van der Waals surface area contributed by atoms with Gasteiger partial charge in [0.1, 0.15) is 17.5 Å². The van der Waals surface area contributed by atoms with Crippen LogP contribution >= 0.6 is 0 Å². The van der Waals surface area contributed by atoms with Crippen LogP contribution < -0.4 is 15.2 Å². The smallest absolute Gasteiger partial charge is 0.259 e. The number of hydrogen-bond donors (Lipinski definition) is 1. The van der Waals surface area contributed by atoms with Gasteiger partial charge in [0.2, 0.25) is 0 Å². The third-order valence-corrected chi connectivity index (χ3v) is 4.42. The third kappa shape index (κ3) is 4.31. The van der Waals surface area contributed by atoms with Crippen molar-refractivity contribution in [3.63, 3.8) is 0 Å². The quantitative estimate of drug-likeness (QED) is 0.480. The van der Waals surface area contributed by atoms with E-state index in [-0.39, 0.29) is 17.9 Å². The lowest BCUT2D eigenvalue weighted by Gasteiger charge is -2.09. The van der Waals surface area contributed by atoms with E-state index < -0.39 is 5.91 Å². The molecule has 0 radical (unpaired) electrons. The van der Waals surface area contributed by atoms with Gasteiger partial charge in [-0.2, -0.15) is 10.4 Å². The van der Waals surface area contributed by atoms with E-state index in [0.29, 0.717) is 33.9 Å². The number of nitrogens with zero attached hydrogens (tertiary/aromatic N) is 3. The summed E-state index contributed by atoms with van der Waals surface area (Å²) in [6.07, 6.45) is 2.98. The first-order valence-electron chi connectivity index (χ1n) is 8.91. The molecule has 1 amide bonds. The molecule has 0 fully saturated rings. The highest BCUT2D eigenvalue weighted by Crippen LogP contribution is 2.33. The van der Waals surface area contributed by atoms with Gasteiger partial charge in [-0.1, -0.05) is 18.2 Å². The Morgan fingerprint density at radius 3 is 2.60 bits per heavy atom. The predicted molar refractivity (Wildman–Crippen MR) is 109 cm³/mol. The molecule has 30 heavy (non-hydrogen) atoms. The average molecular weight is 406 g/mol. The number of carbonyl (C=O) groups is 1. The third-order valence-electron chi connectivity index (χ3n) is 4.42. The van der Waals surface area contributed by atoms with Gasteiger partial charge in [0.05, 0.1) is 26.5 Å². The van der Waals surface area contributed by atoms with Crippen molar-refractivity contribution in [1.82, 2.24) is 9.78 Å². The first-order chi connectivity index (χ1) is 14.5. The molecule has 0 aliphatic carbocycles. The maximum atomic E-state index is 14.1. The maximum Gasteiger partial charge on any atom is 0.259 e. The molecule has 0 aliphatic rings. The van der Waals surface area contributed by atoms with Crippen LogP contribution in [0, 0.1) is 17.1 Å². The Morgan fingerprint density at radius 2 is 1.97 bits per heavy atom. The van der Waals surface area contributed by atoms with Gasteiger partial charge in [0.15, 0.2) is 11.5 Å². The second kappa shape index (κ2) is 8.92. The Labute approximate surface area is 172 Å². The largest absolute Gasteiger partial charge is 0.493 e. The Hall–Kier alpha value is -4.12. The van der Waals surface area contributed by atoms with Crippen molar-refractivity contribution in [2.75, 3.05) is 14.2 Å². The first-order valence-corrected chi connectivity index (χ1v) is 8.91. The number of nitriles is 1. The average Bonchev–Trinajstić information content (AvgIpc) is 3.15. The number of ether oxygens (including phenoxy) is 2. The van der Waals surface area contributed by atoms with Crippen molar-refractivity contribution in [3.05, 3.63) is 71.2 Å². The molecule has 0 saturated carbocycles. The van der Waals surface area contributed by atoms with Crippen molar-refractivity contribution in [1.29, 1.82) is 5.26 Å². The second-order valence-corrected chi connectivity index (χ2v) is 6.33. The van der Waals surface area contributed by atoms with Gasteiger partial charge in [-0.25, -0.2) is 4.39 Å². The summed E-state index contributed by atoms with van der Waals surface area (Å²) in [4.78, 5) is 11.5. The number of primary amides is 1. The van der Waals surface area contributed by atoms with Gasteiger partial charge in [0, 0.05) is 22.9 Å². The predicted octanol–water partition coefficient (Wildman–Crippen LogP) is 3.15. The fourth-order valence-electron chi connectivity index (χ4n) is 2.95. The van der Waals surface area contributed by atoms with Crippen LogP contribution in [0.2, 0.25) is 0 Å². The van der Waals surface area contributed by atoms with Gasteiger partial charge in [0.25, 0.3) is 5.91 Å². The van der Waals surface area contributed by atoms with Gasteiger partial charge < -0.3 is 15.2 Å². The van der Waals surface area contributed by atoms with Gasteiger partial charge in [-0.05, 0) is 30.3 Å². The summed E-state index contributed by atoms with van der Waals surface area (Å²) >= 11 is 0. The van der Waals surface area contributed by atoms with Gasteiger partial charge in [-0.3, -0.25) is 9.48 Å². The number of carbonyl (C=O) groups excluding carboxylic acids is 1. The van der Waals surface area contributed by atoms with Gasteiger partial charge in [-0.15, -0.1) is 0 Å². The summed E-state index contributed by atoms with van der Waals surface area (Å²) in [5, 5.41) is 13.8. The molecular weight excluding hydrogens is 387 g/mol. The molecule has 2 aromatic carbocycles. The number of hydrogen-bond acceptors (Lipinski definition) is 5. The second-order valence-electron chi connectivity index (χ2n) is 6.33. The minimum Gasteiger partial charge on any atom is -0.493 e. The first kappa shape index (κ1) is 20.6. The molecule has 0 bridgehead atoms. The number of nitrogens with two attached hydrogens (primary N) is 1. The zero-order valence-corrected chi connectivity index (χ0v) is 16.4. The van der Waals surface area contributed by atoms with E-state index in [0.717, 1.165) is 0 Å². The van der Waals surface area contributed by atoms with Crippen LogP contribution in [0.5, 0.6) is 11.5 Å². The van der Waals surface area contributed by atoms with E-state index in [1.165, 1.54) is 31.0 Å². The highest BCUT2D eigenvalue weighted by atomic mass is 19.1. The van der Waals surface area contributed by atoms with Crippen molar-refractivity contribution in [3.8, 4) is 28.8 Å². The normalized spacial score (nSPS) is 11.1. The SMILES string of the molecule is COc1ccc(-c2nn(Cc3ccccc3F)cc2/C=C(/C#N)C(N)=O)cc1OC. The lowest BCUT2D eigenvalue weighted by Crippen LogP contribution is -2.12. The lowest BCUT2D eigenvalue weighted by molar-refractivity contribution is -0.114. The number of amides is 1. The highest BCUT2D eigenvalue weighted by Gasteiger charge is 2.16. The summed E-state index contributed by atoms with van der Waals surface area (Å²) in [5.74, 6) is -0.173. The topological polar surface area (TPSA) is 103 Å². The molecule has 0 spiro atoms. The Kier molecular flexibility index (Phi) is 6.13. The standard InChI is InChI=1S/C22H19FN4O3/c1-29-19-8-7-14(10-20(19)30-2)21-17(9-16(11-24)22(25)28)13-27(26-21)12-15-5-3-4-6-18(15)23/h3-10,13H,12H2,1-2H3,(H2,25,28)/b16-9-. The molecule has 7 nitrogen and oxygen atoms in total. The molecule has 1 heterocycles. The fraction of sp³-hybridized carbons (Fsp3) is 0.136. The Bertz CT molecular complexity index is 1160. The number of benzene rings is 2. The molecule has 3 rings (SSSR count). The Balaban J connectivity index is 2.13. The van der Waals surface area contributed by atoms with E-state index in [2.05, 4.69) is 5.10 Å². The van der Waals surface area contributed by atoms with Crippen molar-refractivity contribution >= 4 is 12.0 Å². The summed E-state index contributed by atoms with van der Waals surface area (Å²) in [6.45, 7) is 0.166. The molecule has 152 valence electrons. The van der Waals surface area contributed by atoms with E-state index in [1.54, 1.807) is 48.7 Å². The molecule has 0 aliphatic heterocycles. The zero-order chi connectivity index (χ0) is 21.7. The molecular formula is C22H19FN4O3. The monoisotopic (exact) mass is 406 g/mol. The molecule has 3 aromatic rings. The van der Waals surface area contributed by atoms with E-state index in [9.17, 15) is 14.4 Å². The molecule has 2 N–H and O–H groups in total. The van der Waals surface area contributed by atoms with Crippen molar-refractivity contribution < 1.29 is 18.7 Å². The van der Waals surface area contributed by atoms with Crippen LogP contribution in [0.15, 0.2) is 54.2 Å². The maximum absolute atomic E-state index is 14.1. The number of halogens is 1. The summed E-state index contributed by atoms with van der Waals surface area (Å²) in [5.41, 5.74) is 7.12. The zero-order valence-electron chi connectivity index (χ0n) is 16.4. The number of methoxy groups -OCH3 is 2. The minimum atomic E-state index is -0.849. The fourth-order valence-corrected chi connectivity index (χ4v) is 2.95. The van der Waals surface area contributed by atoms with E-state index in [1.807, 2.05) is 0 Å². The highest BCUT2D eigenvalue weighted by molar-refractivity contribution is 6.01. The van der Waals surface area contributed by atoms with Crippen LogP contribution in [0.4, 0.5) is 4.39 Å². The summed E-state index contributed by atoms with van der Waals surface area (Å²) in [7, 11) is 3.04. The minimum absolute atomic E-state index is 0.166. The Morgan fingerprint density at radius 1 is 1.23 bits per heavy atom. The molecule has 0 saturated heterocycles. The molecule has 8 heteroatoms. The van der Waals surface area contributed by atoms with Crippen molar-refractivity contribution in [2.24, 2.45) is 5.73 Å².